The third-order valence-electron chi connectivity index (χ3n) is 3.27. The molecule has 0 saturated carbocycles. The molecule has 0 radical (unpaired) electrons. The van der Waals surface area contributed by atoms with Crippen molar-refractivity contribution in [1.29, 1.82) is 0 Å². The van der Waals surface area contributed by atoms with Crippen LogP contribution in [0.4, 0.5) is 0 Å². The van der Waals surface area contributed by atoms with Crippen molar-refractivity contribution in [3.05, 3.63) is 54.9 Å². The fraction of sp³-hybridized carbons (Fsp3) is 0. The van der Waals surface area contributed by atoms with E-state index in [0.29, 0.717) is 0 Å². The molecule has 0 bridgehead atoms. The highest BCUT2D eigenvalue weighted by atomic mass is 15.1. The lowest BCUT2D eigenvalue weighted by Gasteiger charge is -1.99. The van der Waals surface area contributed by atoms with Crippen LogP contribution in [-0.4, -0.2) is 15.2 Å². The maximum atomic E-state index is 4.70. The van der Waals surface area contributed by atoms with E-state index < -0.39 is 0 Å². The SMILES string of the molecule is c1ccc(-c2c[nH+]c3c(ccc4[nH]ncc43)n2)cc1. The Balaban J connectivity index is 1.99. The molecule has 4 rings (SSSR count). The molecule has 0 amide bonds. The van der Waals surface area contributed by atoms with Crippen molar-refractivity contribution in [2.24, 2.45) is 0 Å². The van der Waals surface area contributed by atoms with E-state index in [1.54, 1.807) is 0 Å². The van der Waals surface area contributed by atoms with Crippen LogP contribution in [0.1, 0.15) is 0 Å². The molecule has 0 fully saturated rings. The van der Waals surface area contributed by atoms with Gasteiger partial charge in [0, 0.05) is 5.56 Å². The maximum absolute atomic E-state index is 4.70. The molecule has 0 aliphatic heterocycles. The summed E-state index contributed by atoms with van der Waals surface area (Å²) in [5.74, 6) is 0. The number of fused-ring (bicyclic) bond motifs is 3. The highest BCUT2D eigenvalue weighted by Gasteiger charge is 2.11. The second kappa shape index (κ2) is 3.88. The molecule has 0 aliphatic rings. The molecule has 2 N–H and O–H groups in total. The monoisotopic (exact) mass is 247 g/mol. The highest BCUT2D eigenvalue weighted by molar-refractivity contribution is 6.00. The first-order valence-electron chi connectivity index (χ1n) is 6.12. The molecular weight excluding hydrogens is 236 g/mol. The summed E-state index contributed by atoms with van der Waals surface area (Å²) in [6.07, 6.45) is 3.75. The zero-order chi connectivity index (χ0) is 12.7. The zero-order valence-electron chi connectivity index (χ0n) is 10.1. The predicted octanol–water partition coefficient (Wildman–Crippen LogP) is 2.59. The summed E-state index contributed by atoms with van der Waals surface area (Å²) < 4.78 is 0. The van der Waals surface area contributed by atoms with E-state index in [-0.39, 0.29) is 0 Å². The molecule has 0 aliphatic carbocycles. The lowest BCUT2D eigenvalue weighted by Crippen LogP contribution is -2.06. The normalized spacial score (nSPS) is 11.2. The van der Waals surface area contributed by atoms with E-state index in [1.165, 1.54) is 0 Å². The molecule has 4 heteroatoms. The molecule has 2 heterocycles. The van der Waals surface area contributed by atoms with Crippen LogP contribution >= 0.6 is 0 Å². The van der Waals surface area contributed by atoms with Gasteiger partial charge in [0.25, 0.3) is 0 Å². The number of aromatic nitrogens is 4. The Morgan fingerprint density at radius 2 is 1.89 bits per heavy atom. The van der Waals surface area contributed by atoms with Gasteiger partial charge >= 0.3 is 0 Å². The summed E-state index contributed by atoms with van der Waals surface area (Å²) in [7, 11) is 0. The second-order valence-corrected chi connectivity index (χ2v) is 4.44. The number of benzene rings is 2. The van der Waals surface area contributed by atoms with E-state index in [4.69, 9.17) is 4.98 Å². The zero-order valence-corrected chi connectivity index (χ0v) is 10.1. The highest BCUT2D eigenvalue weighted by Crippen LogP contribution is 2.21. The minimum Gasteiger partial charge on any atom is -0.278 e. The minimum absolute atomic E-state index is 0.940. The summed E-state index contributed by atoms with van der Waals surface area (Å²) >= 11 is 0. The Hall–Kier alpha value is -2.75. The predicted molar refractivity (Wildman–Crippen MR) is 73.4 cm³/mol. The van der Waals surface area contributed by atoms with Gasteiger partial charge < -0.3 is 0 Å². The summed E-state index contributed by atoms with van der Waals surface area (Å²) in [5.41, 5.74) is 5.00. The number of hydrogen-bond donors (Lipinski definition) is 1. The molecule has 2 aromatic carbocycles. The molecule has 2 aromatic heterocycles. The fourth-order valence-electron chi connectivity index (χ4n) is 2.31. The van der Waals surface area contributed by atoms with Crippen molar-refractivity contribution < 1.29 is 4.98 Å². The average Bonchev–Trinajstić information content (AvgIpc) is 2.96. The topological polar surface area (TPSA) is 55.7 Å². The number of hydrogen-bond acceptors (Lipinski definition) is 2. The summed E-state index contributed by atoms with van der Waals surface area (Å²) in [5, 5.41) is 8.08. The van der Waals surface area contributed by atoms with Crippen molar-refractivity contribution in [2.75, 3.05) is 0 Å². The van der Waals surface area contributed by atoms with E-state index in [9.17, 15) is 0 Å². The molecule has 90 valence electrons. The molecule has 0 unspecified atom stereocenters. The Bertz CT molecular complexity index is 865. The fourth-order valence-corrected chi connectivity index (χ4v) is 2.31. The third kappa shape index (κ3) is 1.57. The quantitative estimate of drug-likeness (QED) is 0.562. The van der Waals surface area contributed by atoms with Gasteiger partial charge in [-0.2, -0.15) is 5.10 Å². The Kier molecular flexibility index (Phi) is 2.08. The standard InChI is InChI=1S/C15H10N4/c1-2-4-10(5-3-1)14-9-16-15-11-8-17-19-12(11)6-7-13(15)18-14/h1-9H,(H,17,19)/p+1. The van der Waals surface area contributed by atoms with Crippen LogP contribution in [0.25, 0.3) is 33.2 Å². The Morgan fingerprint density at radius 1 is 1.00 bits per heavy atom. The third-order valence-corrected chi connectivity index (χ3v) is 3.27. The van der Waals surface area contributed by atoms with Gasteiger partial charge in [-0.25, -0.2) is 9.97 Å². The Morgan fingerprint density at radius 3 is 2.79 bits per heavy atom. The van der Waals surface area contributed by atoms with E-state index >= 15 is 0 Å². The van der Waals surface area contributed by atoms with E-state index in [1.807, 2.05) is 42.7 Å². The van der Waals surface area contributed by atoms with Gasteiger partial charge in [0.1, 0.15) is 11.2 Å². The van der Waals surface area contributed by atoms with Crippen molar-refractivity contribution in [2.45, 2.75) is 0 Å². The van der Waals surface area contributed by atoms with Crippen LogP contribution in [0.5, 0.6) is 0 Å². The first-order valence-corrected chi connectivity index (χ1v) is 6.12. The van der Waals surface area contributed by atoms with Gasteiger partial charge in [-0.1, -0.05) is 30.3 Å². The number of nitrogens with zero attached hydrogens (tertiary/aromatic N) is 2. The van der Waals surface area contributed by atoms with Gasteiger partial charge in [0.15, 0.2) is 6.20 Å². The molecule has 4 nitrogen and oxygen atoms in total. The molecule has 0 atom stereocenters. The molecule has 4 aromatic rings. The molecule has 0 saturated heterocycles. The van der Waals surface area contributed by atoms with Crippen LogP contribution in [0.2, 0.25) is 0 Å². The smallest absolute Gasteiger partial charge is 0.240 e. The number of H-pyrrole nitrogens is 2. The van der Waals surface area contributed by atoms with Gasteiger partial charge in [-0.05, 0) is 12.1 Å². The van der Waals surface area contributed by atoms with Gasteiger partial charge in [0.2, 0.25) is 5.52 Å². The van der Waals surface area contributed by atoms with E-state index in [0.717, 1.165) is 33.2 Å². The lowest BCUT2D eigenvalue weighted by atomic mass is 10.1. The first kappa shape index (κ1) is 10.2. The van der Waals surface area contributed by atoms with Crippen LogP contribution < -0.4 is 4.98 Å². The molecule has 0 spiro atoms. The lowest BCUT2D eigenvalue weighted by molar-refractivity contribution is -0.343. The minimum atomic E-state index is 0.940. The largest absolute Gasteiger partial charge is 0.278 e. The summed E-state index contributed by atoms with van der Waals surface area (Å²) in [6.45, 7) is 0. The Labute approximate surface area is 109 Å². The number of nitrogens with one attached hydrogen (secondary N) is 2. The van der Waals surface area contributed by atoms with Crippen LogP contribution in [0, 0.1) is 0 Å². The van der Waals surface area contributed by atoms with Gasteiger partial charge in [-0.15, -0.1) is 0 Å². The summed E-state index contributed by atoms with van der Waals surface area (Å²) in [4.78, 5) is 8.03. The number of rotatable bonds is 1. The van der Waals surface area contributed by atoms with Crippen molar-refractivity contribution in [3.8, 4) is 11.3 Å². The van der Waals surface area contributed by atoms with Crippen molar-refractivity contribution >= 4 is 21.9 Å². The second-order valence-electron chi connectivity index (χ2n) is 4.44. The number of aromatic amines is 2. The van der Waals surface area contributed by atoms with Crippen LogP contribution in [0.15, 0.2) is 54.9 Å². The molecular formula is C15H11N4+. The van der Waals surface area contributed by atoms with Crippen molar-refractivity contribution in [1.82, 2.24) is 15.2 Å². The van der Waals surface area contributed by atoms with Gasteiger partial charge in [0.05, 0.1) is 17.1 Å². The first-order chi connectivity index (χ1) is 9.42. The molecule has 19 heavy (non-hydrogen) atoms. The average molecular weight is 247 g/mol. The maximum Gasteiger partial charge on any atom is 0.240 e. The van der Waals surface area contributed by atoms with Crippen LogP contribution in [0.3, 0.4) is 0 Å². The van der Waals surface area contributed by atoms with Crippen molar-refractivity contribution in [3.63, 3.8) is 0 Å². The summed E-state index contributed by atoms with van der Waals surface area (Å²) in [6, 6.07) is 14.1. The van der Waals surface area contributed by atoms with Crippen LogP contribution in [-0.2, 0) is 0 Å². The van der Waals surface area contributed by atoms with Gasteiger partial charge in [-0.3, -0.25) is 5.10 Å². The van der Waals surface area contributed by atoms with E-state index in [2.05, 4.69) is 27.3 Å².